The summed E-state index contributed by atoms with van der Waals surface area (Å²) < 4.78 is 1.81. The van der Waals surface area contributed by atoms with Crippen LogP contribution in [0.5, 0.6) is 0 Å². The fraction of sp³-hybridized carbons (Fsp3) is 0.0588. The molecule has 39 heavy (non-hydrogen) atoms. The SMILES string of the molecule is c1ccc(-c2nc(-c3ccccc3)n(Cc3cccc4c3SC(c3ccccc3)(c3ccccc3)S4)n2)cc1. The van der Waals surface area contributed by atoms with E-state index < -0.39 is 0 Å². The van der Waals surface area contributed by atoms with E-state index in [1.54, 1.807) is 0 Å². The van der Waals surface area contributed by atoms with E-state index in [-0.39, 0.29) is 4.08 Å². The molecule has 0 N–H and O–H groups in total. The Balaban J connectivity index is 1.32. The fourth-order valence-electron chi connectivity index (χ4n) is 5.04. The van der Waals surface area contributed by atoms with Gasteiger partial charge in [-0.25, -0.2) is 9.67 Å². The van der Waals surface area contributed by atoms with Gasteiger partial charge < -0.3 is 0 Å². The van der Waals surface area contributed by atoms with E-state index in [2.05, 4.69) is 120 Å². The zero-order valence-electron chi connectivity index (χ0n) is 21.1. The molecule has 5 heteroatoms. The van der Waals surface area contributed by atoms with E-state index in [0.29, 0.717) is 6.54 Å². The summed E-state index contributed by atoms with van der Waals surface area (Å²) in [5.74, 6) is 1.62. The van der Waals surface area contributed by atoms with Crippen LogP contribution in [0.4, 0.5) is 0 Å². The summed E-state index contributed by atoms with van der Waals surface area (Å²) >= 11 is 3.88. The molecule has 0 saturated carbocycles. The summed E-state index contributed by atoms with van der Waals surface area (Å²) in [5.41, 5.74) is 5.92. The van der Waals surface area contributed by atoms with Crippen molar-refractivity contribution in [2.45, 2.75) is 20.4 Å². The van der Waals surface area contributed by atoms with Gasteiger partial charge in [-0.1, -0.05) is 157 Å². The average molecular weight is 540 g/mol. The van der Waals surface area contributed by atoms with Crippen molar-refractivity contribution in [2.24, 2.45) is 0 Å². The molecular formula is C34H25N3S2. The third-order valence-corrected chi connectivity index (χ3v) is 10.3. The predicted octanol–water partition coefficient (Wildman–Crippen LogP) is 8.76. The standard InChI is InChI=1S/C34H25N3S2/c1-5-14-25(15-6-1)32-35-33(26-16-7-2-8-17-26)37(36-32)24-27-18-13-23-30-31(27)39-34(38-30,28-19-9-3-10-20-28)29-21-11-4-12-22-29/h1-23H,24H2. The van der Waals surface area contributed by atoms with Gasteiger partial charge in [0.25, 0.3) is 0 Å². The molecule has 1 aromatic heterocycles. The van der Waals surface area contributed by atoms with Crippen LogP contribution >= 0.6 is 23.5 Å². The number of rotatable bonds is 6. The lowest BCUT2D eigenvalue weighted by molar-refractivity contribution is 0.684. The van der Waals surface area contributed by atoms with E-state index in [9.17, 15) is 0 Å². The Morgan fingerprint density at radius 2 is 1.13 bits per heavy atom. The first-order valence-electron chi connectivity index (χ1n) is 13.0. The molecule has 6 aromatic rings. The first kappa shape index (κ1) is 24.0. The molecule has 0 aliphatic carbocycles. The van der Waals surface area contributed by atoms with Gasteiger partial charge in [-0.3, -0.25) is 0 Å². The van der Waals surface area contributed by atoms with Crippen LogP contribution in [0.3, 0.4) is 0 Å². The second-order valence-electron chi connectivity index (χ2n) is 9.45. The minimum absolute atomic E-state index is 0.249. The fourth-order valence-corrected chi connectivity index (χ4v) is 8.39. The number of hydrogen-bond donors (Lipinski definition) is 0. The first-order chi connectivity index (χ1) is 19.3. The van der Waals surface area contributed by atoms with E-state index in [1.165, 1.54) is 26.5 Å². The molecule has 1 aliphatic rings. The Labute approximate surface area is 237 Å². The van der Waals surface area contributed by atoms with Crippen molar-refractivity contribution in [3.8, 4) is 22.8 Å². The second-order valence-corrected chi connectivity index (χ2v) is 12.2. The summed E-state index contributed by atoms with van der Waals surface area (Å²) in [4.78, 5) is 7.62. The summed E-state index contributed by atoms with van der Waals surface area (Å²) in [5, 5.41) is 5.02. The van der Waals surface area contributed by atoms with Crippen LogP contribution in [0.25, 0.3) is 22.8 Å². The molecule has 2 heterocycles. The quantitative estimate of drug-likeness (QED) is 0.212. The molecule has 0 unspecified atom stereocenters. The Morgan fingerprint density at radius 3 is 1.74 bits per heavy atom. The highest BCUT2D eigenvalue weighted by Crippen LogP contribution is 2.65. The Hall–Kier alpha value is -4.06. The van der Waals surface area contributed by atoms with Gasteiger partial charge in [0, 0.05) is 20.9 Å². The number of benzene rings is 5. The zero-order chi connectivity index (χ0) is 26.1. The highest BCUT2D eigenvalue weighted by Gasteiger charge is 2.43. The Kier molecular flexibility index (Phi) is 6.31. The molecule has 0 amide bonds. The van der Waals surface area contributed by atoms with Crippen LogP contribution in [0.2, 0.25) is 0 Å². The van der Waals surface area contributed by atoms with Crippen molar-refractivity contribution in [3.63, 3.8) is 0 Å². The summed E-state index contributed by atoms with van der Waals surface area (Å²) in [7, 11) is 0. The van der Waals surface area contributed by atoms with Gasteiger partial charge in [-0.2, -0.15) is 5.10 Å². The van der Waals surface area contributed by atoms with Gasteiger partial charge in [-0.15, -0.1) is 0 Å². The van der Waals surface area contributed by atoms with Crippen molar-refractivity contribution < 1.29 is 0 Å². The maximum absolute atomic E-state index is 5.02. The minimum atomic E-state index is -0.249. The third kappa shape index (κ3) is 4.48. The Morgan fingerprint density at radius 1 is 0.564 bits per heavy atom. The van der Waals surface area contributed by atoms with Gasteiger partial charge in [0.05, 0.1) is 6.54 Å². The van der Waals surface area contributed by atoms with Crippen LogP contribution in [-0.2, 0) is 10.6 Å². The van der Waals surface area contributed by atoms with Crippen LogP contribution in [0, 0.1) is 0 Å². The van der Waals surface area contributed by atoms with Crippen LogP contribution in [-0.4, -0.2) is 14.8 Å². The minimum Gasteiger partial charge on any atom is -0.241 e. The number of aromatic nitrogens is 3. The average Bonchev–Trinajstić information content (AvgIpc) is 3.63. The number of nitrogens with zero attached hydrogens (tertiary/aromatic N) is 3. The number of fused-ring (bicyclic) bond motifs is 1. The van der Waals surface area contributed by atoms with Crippen LogP contribution < -0.4 is 0 Å². The van der Waals surface area contributed by atoms with Crippen molar-refractivity contribution >= 4 is 23.5 Å². The van der Waals surface area contributed by atoms with Crippen molar-refractivity contribution in [1.29, 1.82) is 0 Å². The normalized spacial score (nSPS) is 13.7. The lowest BCUT2D eigenvalue weighted by atomic mass is 10.0. The molecule has 0 saturated heterocycles. The van der Waals surface area contributed by atoms with E-state index in [4.69, 9.17) is 10.1 Å². The van der Waals surface area contributed by atoms with E-state index in [1.807, 2.05) is 47.8 Å². The van der Waals surface area contributed by atoms with Gasteiger partial charge >= 0.3 is 0 Å². The van der Waals surface area contributed by atoms with Gasteiger partial charge in [-0.05, 0) is 22.8 Å². The molecule has 5 aromatic carbocycles. The molecule has 7 rings (SSSR count). The predicted molar refractivity (Wildman–Crippen MR) is 162 cm³/mol. The molecule has 0 bridgehead atoms. The molecule has 0 fully saturated rings. The van der Waals surface area contributed by atoms with Gasteiger partial charge in [0.2, 0.25) is 0 Å². The largest absolute Gasteiger partial charge is 0.241 e. The molecule has 0 atom stereocenters. The highest BCUT2D eigenvalue weighted by molar-refractivity contribution is 8.20. The van der Waals surface area contributed by atoms with Crippen molar-refractivity contribution in [2.75, 3.05) is 0 Å². The summed E-state index contributed by atoms with van der Waals surface area (Å²) in [6, 6.07) is 48.9. The Bertz CT molecular complexity index is 1680. The van der Waals surface area contributed by atoms with Gasteiger partial charge in [0.15, 0.2) is 11.6 Å². The summed E-state index contributed by atoms with van der Waals surface area (Å²) in [6.45, 7) is 0.639. The lowest BCUT2D eigenvalue weighted by Crippen LogP contribution is -2.16. The number of thioether (sulfide) groups is 2. The van der Waals surface area contributed by atoms with Crippen molar-refractivity contribution in [3.05, 3.63) is 156 Å². The maximum atomic E-state index is 5.02. The molecule has 1 aliphatic heterocycles. The van der Waals surface area contributed by atoms with Crippen LogP contribution in [0.1, 0.15) is 16.7 Å². The topological polar surface area (TPSA) is 30.7 Å². The molecule has 3 nitrogen and oxygen atoms in total. The molecule has 0 spiro atoms. The first-order valence-corrected chi connectivity index (χ1v) is 14.6. The third-order valence-electron chi connectivity index (χ3n) is 6.92. The monoisotopic (exact) mass is 539 g/mol. The lowest BCUT2D eigenvalue weighted by Gasteiger charge is -2.28. The molecule has 188 valence electrons. The smallest absolute Gasteiger partial charge is 0.181 e. The zero-order valence-corrected chi connectivity index (χ0v) is 22.8. The molecular weight excluding hydrogens is 515 g/mol. The van der Waals surface area contributed by atoms with Crippen molar-refractivity contribution in [1.82, 2.24) is 14.8 Å². The number of hydrogen-bond acceptors (Lipinski definition) is 4. The highest BCUT2D eigenvalue weighted by atomic mass is 32.2. The van der Waals surface area contributed by atoms with Gasteiger partial charge in [0.1, 0.15) is 4.08 Å². The van der Waals surface area contributed by atoms with E-state index in [0.717, 1.165) is 22.8 Å². The maximum Gasteiger partial charge on any atom is 0.181 e. The van der Waals surface area contributed by atoms with Crippen LogP contribution in [0.15, 0.2) is 149 Å². The molecule has 0 radical (unpaired) electrons. The van der Waals surface area contributed by atoms with E-state index >= 15 is 0 Å². The second kappa shape index (κ2) is 10.3. The summed E-state index contributed by atoms with van der Waals surface area (Å²) in [6.07, 6.45) is 0.